The van der Waals surface area contributed by atoms with Crippen LogP contribution in [0.4, 0.5) is 0 Å². The van der Waals surface area contributed by atoms with Crippen LogP contribution in [0.5, 0.6) is 0 Å². The Morgan fingerprint density at radius 2 is 2.25 bits per heavy atom. The molecule has 1 unspecified atom stereocenters. The van der Waals surface area contributed by atoms with E-state index in [9.17, 15) is 4.79 Å². The minimum atomic E-state index is 0.109. The lowest BCUT2D eigenvalue weighted by atomic mass is 9.98. The van der Waals surface area contributed by atoms with E-state index in [2.05, 4.69) is 30.1 Å². The third-order valence-corrected chi connectivity index (χ3v) is 3.95. The third-order valence-electron chi connectivity index (χ3n) is 3.95. The molecule has 0 aromatic carbocycles. The average Bonchev–Trinajstić information content (AvgIpc) is 2.44. The van der Waals surface area contributed by atoms with Gasteiger partial charge in [-0.05, 0) is 45.7 Å². The minimum Gasteiger partial charge on any atom is -0.344 e. The first-order chi connectivity index (χ1) is 9.54. The first-order valence-corrected chi connectivity index (χ1v) is 7.60. The van der Waals surface area contributed by atoms with Crippen molar-refractivity contribution in [1.29, 1.82) is 5.26 Å². The molecule has 0 radical (unpaired) electrons. The predicted molar refractivity (Wildman–Crippen MR) is 80.2 cm³/mol. The number of nitrogens with one attached hydrogen (secondary N) is 1. The Morgan fingerprint density at radius 1 is 1.50 bits per heavy atom. The van der Waals surface area contributed by atoms with Gasteiger partial charge in [0, 0.05) is 26.2 Å². The molecule has 0 aromatic rings. The first-order valence-electron chi connectivity index (χ1n) is 7.60. The summed E-state index contributed by atoms with van der Waals surface area (Å²) in [5, 5.41) is 12.0. The molecular formula is C15H28N4O. The van der Waals surface area contributed by atoms with Crippen molar-refractivity contribution in [2.24, 2.45) is 5.92 Å². The molecule has 114 valence electrons. The molecule has 1 rings (SSSR count). The van der Waals surface area contributed by atoms with Gasteiger partial charge < -0.3 is 10.2 Å². The summed E-state index contributed by atoms with van der Waals surface area (Å²) in [6, 6.07) is 2.45. The summed E-state index contributed by atoms with van der Waals surface area (Å²) in [4.78, 5) is 16.1. The van der Waals surface area contributed by atoms with Crippen molar-refractivity contribution in [3.05, 3.63) is 0 Å². The van der Waals surface area contributed by atoms with Crippen LogP contribution in [0.3, 0.4) is 0 Å². The van der Waals surface area contributed by atoms with Gasteiger partial charge >= 0.3 is 0 Å². The highest BCUT2D eigenvalue weighted by molar-refractivity contribution is 5.78. The van der Waals surface area contributed by atoms with Crippen molar-refractivity contribution in [3.8, 4) is 6.07 Å². The van der Waals surface area contributed by atoms with E-state index in [1.165, 1.54) is 12.8 Å². The lowest BCUT2D eigenvalue weighted by Crippen LogP contribution is -2.46. The Morgan fingerprint density at radius 3 is 2.80 bits per heavy atom. The van der Waals surface area contributed by atoms with Gasteiger partial charge in [0.1, 0.15) is 0 Å². The average molecular weight is 280 g/mol. The summed E-state index contributed by atoms with van der Waals surface area (Å²) in [6.45, 7) is 8.40. The maximum atomic E-state index is 12.2. The van der Waals surface area contributed by atoms with E-state index in [1.807, 2.05) is 0 Å². The highest BCUT2D eigenvalue weighted by atomic mass is 16.2. The molecule has 5 nitrogen and oxygen atoms in total. The van der Waals surface area contributed by atoms with Gasteiger partial charge in [0.2, 0.25) is 5.91 Å². The van der Waals surface area contributed by atoms with Crippen LogP contribution in [0.1, 0.15) is 33.1 Å². The Labute approximate surface area is 122 Å². The number of hydrogen-bond acceptors (Lipinski definition) is 4. The van der Waals surface area contributed by atoms with Crippen LogP contribution < -0.4 is 5.32 Å². The number of amides is 1. The molecule has 1 N–H and O–H groups in total. The number of nitrogens with zero attached hydrogens (tertiary/aromatic N) is 3. The topological polar surface area (TPSA) is 59.4 Å². The second-order valence-electron chi connectivity index (χ2n) is 5.96. The molecule has 0 bridgehead atoms. The molecule has 5 heteroatoms. The van der Waals surface area contributed by atoms with E-state index < -0.39 is 0 Å². The zero-order chi connectivity index (χ0) is 15.0. The summed E-state index contributed by atoms with van der Waals surface area (Å²) in [7, 11) is 1.78. The minimum absolute atomic E-state index is 0.109. The normalized spacial score (nSPS) is 19.1. The van der Waals surface area contributed by atoms with Crippen LogP contribution in [0, 0.1) is 17.2 Å². The molecule has 1 aliphatic rings. The Bertz CT molecular complexity index is 331. The van der Waals surface area contributed by atoms with Crippen LogP contribution in [-0.2, 0) is 4.79 Å². The number of hydrogen-bond donors (Lipinski definition) is 1. The fraction of sp³-hybridized carbons (Fsp3) is 0.867. The van der Waals surface area contributed by atoms with E-state index >= 15 is 0 Å². The zero-order valence-corrected chi connectivity index (χ0v) is 13.1. The number of likely N-dealkylation sites (N-methyl/N-ethyl adjacent to an activating group) is 1. The van der Waals surface area contributed by atoms with Crippen molar-refractivity contribution in [2.45, 2.75) is 39.2 Å². The van der Waals surface area contributed by atoms with Gasteiger partial charge in [-0.15, -0.1) is 0 Å². The number of piperidine rings is 1. The maximum absolute atomic E-state index is 12.2. The standard InChI is InChI=1S/C15H28N4O/c1-13(2)19(11-14-6-4-8-17-10-14)12-15(20)18(3)9-5-7-16/h13-14,17H,4-6,8-12H2,1-3H3. The summed E-state index contributed by atoms with van der Waals surface area (Å²) < 4.78 is 0. The van der Waals surface area contributed by atoms with Gasteiger partial charge in [0.05, 0.1) is 19.0 Å². The van der Waals surface area contributed by atoms with Gasteiger partial charge in [-0.1, -0.05) is 0 Å². The number of nitriles is 1. The predicted octanol–water partition coefficient (Wildman–Crippen LogP) is 1.07. The highest BCUT2D eigenvalue weighted by Gasteiger charge is 2.21. The van der Waals surface area contributed by atoms with Crippen LogP contribution in [0.2, 0.25) is 0 Å². The molecule has 1 saturated heterocycles. The summed E-state index contributed by atoms with van der Waals surface area (Å²) in [5.74, 6) is 0.751. The maximum Gasteiger partial charge on any atom is 0.236 e. The molecule has 1 amide bonds. The molecule has 1 atom stereocenters. The van der Waals surface area contributed by atoms with Crippen molar-refractivity contribution >= 4 is 5.91 Å². The second kappa shape index (κ2) is 8.93. The quantitative estimate of drug-likeness (QED) is 0.758. The zero-order valence-electron chi connectivity index (χ0n) is 13.1. The van der Waals surface area contributed by atoms with Crippen molar-refractivity contribution in [1.82, 2.24) is 15.1 Å². The van der Waals surface area contributed by atoms with Crippen LogP contribution in [0.25, 0.3) is 0 Å². The van der Waals surface area contributed by atoms with E-state index in [4.69, 9.17) is 5.26 Å². The lowest BCUT2D eigenvalue weighted by Gasteiger charge is -2.33. The Kier molecular flexibility index (Phi) is 7.56. The van der Waals surface area contributed by atoms with Gasteiger partial charge in [0.25, 0.3) is 0 Å². The molecule has 0 aromatic heterocycles. The smallest absolute Gasteiger partial charge is 0.236 e. The second-order valence-corrected chi connectivity index (χ2v) is 5.96. The Hall–Kier alpha value is -1.12. The molecule has 1 fully saturated rings. The fourth-order valence-electron chi connectivity index (χ4n) is 2.51. The largest absolute Gasteiger partial charge is 0.344 e. The fourth-order valence-corrected chi connectivity index (χ4v) is 2.51. The molecule has 20 heavy (non-hydrogen) atoms. The van der Waals surface area contributed by atoms with Gasteiger partial charge in [-0.3, -0.25) is 9.69 Å². The molecular weight excluding hydrogens is 252 g/mol. The first kappa shape index (κ1) is 16.9. The third kappa shape index (κ3) is 5.89. The number of rotatable bonds is 7. The summed E-state index contributed by atoms with van der Waals surface area (Å²) >= 11 is 0. The van der Waals surface area contributed by atoms with Gasteiger partial charge in [-0.25, -0.2) is 0 Å². The van der Waals surface area contributed by atoms with Gasteiger partial charge in [-0.2, -0.15) is 5.26 Å². The van der Waals surface area contributed by atoms with E-state index in [0.29, 0.717) is 31.5 Å². The van der Waals surface area contributed by atoms with Crippen LogP contribution in [-0.4, -0.2) is 61.5 Å². The van der Waals surface area contributed by atoms with Crippen LogP contribution in [0.15, 0.2) is 0 Å². The molecule has 1 heterocycles. The van der Waals surface area contributed by atoms with Crippen LogP contribution >= 0.6 is 0 Å². The van der Waals surface area contributed by atoms with Crippen molar-refractivity contribution in [2.75, 3.05) is 39.8 Å². The highest BCUT2D eigenvalue weighted by Crippen LogP contribution is 2.13. The van der Waals surface area contributed by atoms with Crippen molar-refractivity contribution < 1.29 is 4.79 Å². The van der Waals surface area contributed by atoms with Crippen molar-refractivity contribution in [3.63, 3.8) is 0 Å². The molecule has 1 aliphatic heterocycles. The lowest BCUT2D eigenvalue weighted by molar-refractivity contribution is -0.131. The molecule has 0 aliphatic carbocycles. The number of carbonyl (C=O) groups excluding carboxylic acids is 1. The summed E-state index contributed by atoms with van der Waals surface area (Å²) in [5.41, 5.74) is 0. The SMILES string of the molecule is CC(C)N(CC(=O)N(C)CCC#N)CC1CCCNC1. The molecule has 0 saturated carbocycles. The van der Waals surface area contributed by atoms with Gasteiger partial charge in [0.15, 0.2) is 0 Å². The summed E-state index contributed by atoms with van der Waals surface area (Å²) in [6.07, 6.45) is 2.87. The van der Waals surface area contributed by atoms with E-state index in [1.54, 1.807) is 11.9 Å². The monoisotopic (exact) mass is 280 g/mol. The van der Waals surface area contributed by atoms with E-state index in [0.717, 1.165) is 19.6 Å². The van der Waals surface area contributed by atoms with E-state index in [-0.39, 0.29) is 5.91 Å². The Balaban J connectivity index is 2.45. The number of carbonyl (C=O) groups is 1. The molecule has 0 spiro atoms.